The molecule has 1 atom stereocenters. The Morgan fingerprint density at radius 1 is 1.35 bits per heavy atom. The first kappa shape index (κ1) is 14.0. The third kappa shape index (κ3) is 2.79. The van der Waals surface area contributed by atoms with E-state index in [1.807, 2.05) is 0 Å². The van der Waals surface area contributed by atoms with Crippen molar-refractivity contribution in [2.75, 3.05) is 5.32 Å². The van der Waals surface area contributed by atoms with E-state index in [0.717, 1.165) is 5.56 Å². The molecule has 0 saturated heterocycles. The van der Waals surface area contributed by atoms with Crippen LogP contribution in [0.1, 0.15) is 29.8 Å². The Hall–Kier alpha value is -2.37. The number of amides is 2. The Morgan fingerprint density at radius 3 is 2.65 bits per heavy atom. The third-order valence-electron chi connectivity index (χ3n) is 3.22. The average Bonchev–Trinajstić information content (AvgIpc) is 2.73. The van der Waals surface area contributed by atoms with Crippen LogP contribution in [0.3, 0.4) is 0 Å². The zero-order chi connectivity index (χ0) is 14.9. The van der Waals surface area contributed by atoms with Crippen LogP contribution in [-0.4, -0.2) is 28.9 Å². The molecule has 6 nitrogen and oxygen atoms in total. The van der Waals surface area contributed by atoms with Crippen molar-refractivity contribution in [2.24, 2.45) is 5.92 Å². The highest BCUT2D eigenvalue weighted by Gasteiger charge is 2.25. The van der Waals surface area contributed by atoms with Gasteiger partial charge in [0.25, 0.3) is 5.91 Å². The Morgan fingerprint density at radius 2 is 2.05 bits per heavy atom. The van der Waals surface area contributed by atoms with Gasteiger partial charge in [-0.25, -0.2) is 4.79 Å². The van der Waals surface area contributed by atoms with E-state index in [4.69, 9.17) is 5.11 Å². The van der Waals surface area contributed by atoms with Crippen LogP contribution in [-0.2, 0) is 16.0 Å². The van der Waals surface area contributed by atoms with Gasteiger partial charge in [0.1, 0.15) is 6.04 Å². The van der Waals surface area contributed by atoms with Crippen molar-refractivity contribution in [1.82, 2.24) is 5.32 Å². The lowest BCUT2D eigenvalue weighted by Gasteiger charge is -2.18. The molecule has 1 aliphatic rings. The van der Waals surface area contributed by atoms with Crippen molar-refractivity contribution in [2.45, 2.75) is 26.3 Å². The van der Waals surface area contributed by atoms with Crippen LogP contribution in [0, 0.1) is 5.92 Å². The minimum Gasteiger partial charge on any atom is -0.480 e. The van der Waals surface area contributed by atoms with Crippen molar-refractivity contribution >= 4 is 23.5 Å². The molecule has 1 aromatic rings. The van der Waals surface area contributed by atoms with Gasteiger partial charge in [0.05, 0.1) is 6.42 Å². The molecule has 1 aromatic carbocycles. The van der Waals surface area contributed by atoms with Crippen molar-refractivity contribution in [3.05, 3.63) is 29.3 Å². The number of fused-ring (bicyclic) bond motifs is 1. The summed E-state index contributed by atoms with van der Waals surface area (Å²) >= 11 is 0. The highest BCUT2D eigenvalue weighted by Crippen LogP contribution is 2.24. The standard InChI is InChI=1S/C14H16N2O4/c1-7(2)12(14(19)20)16-13(18)9-4-3-8-6-11(17)15-10(8)5-9/h3-5,7,12H,6H2,1-2H3,(H,15,17)(H,16,18)(H,19,20)/t12-/m0/s1. The number of carboxylic acid groups (broad SMARTS) is 1. The van der Waals surface area contributed by atoms with Crippen molar-refractivity contribution < 1.29 is 19.5 Å². The summed E-state index contributed by atoms with van der Waals surface area (Å²) < 4.78 is 0. The third-order valence-corrected chi connectivity index (χ3v) is 3.22. The minimum absolute atomic E-state index is 0.108. The number of anilines is 1. The maximum absolute atomic E-state index is 12.1. The van der Waals surface area contributed by atoms with Gasteiger partial charge in [-0.3, -0.25) is 9.59 Å². The molecule has 0 unspecified atom stereocenters. The SMILES string of the molecule is CC(C)[C@H](NC(=O)c1ccc2c(c1)NC(=O)C2)C(=O)O. The van der Waals surface area contributed by atoms with E-state index >= 15 is 0 Å². The lowest BCUT2D eigenvalue weighted by Crippen LogP contribution is -2.44. The molecule has 0 radical (unpaired) electrons. The molecular weight excluding hydrogens is 260 g/mol. The molecule has 0 spiro atoms. The van der Waals surface area contributed by atoms with Gasteiger partial charge in [-0.2, -0.15) is 0 Å². The maximum Gasteiger partial charge on any atom is 0.326 e. The van der Waals surface area contributed by atoms with Gasteiger partial charge in [-0.05, 0) is 23.6 Å². The molecule has 3 N–H and O–H groups in total. The predicted octanol–water partition coefficient (Wildman–Crippen LogP) is 1.02. The summed E-state index contributed by atoms with van der Waals surface area (Å²) in [6.07, 6.45) is 0.307. The zero-order valence-electron chi connectivity index (χ0n) is 11.3. The topological polar surface area (TPSA) is 95.5 Å². The monoisotopic (exact) mass is 276 g/mol. The number of aliphatic carboxylic acids is 1. The van der Waals surface area contributed by atoms with E-state index in [0.29, 0.717) is 17.7 Å². The van der Waals surface area contributed by atoms with E-state index < -0.39 is 17.9 Å². The Kier molecular flexibility index (Phi) is 3.74. The Labute approximate surface area is 116 Å². The van der Waals surface area contributed by atoms with Gasteiger partial charge < -0.3 is 15.7 Å². The molecule has 20 heavy (non-hydrogen) atoms. The maximum atomic E-state index is 12.1. The van der Waals surface area contributed by atoms with Gasteiger partial charge >= 0.3 is 5.97 Å². The van der Waals surface area contributed by atoms with Crippen molar-refractivity contribution in [3.8, 4) is 0 Å². The lowest BCUT2D eigenvalue weighted by molar-refractivity contribution is -0.140. The van der Waals surface area contributed by atoms with Gasteiger partial charge in [0.15, 0.2) is 0 Å². The molecule has 0 bridgehead atoms. The summed E-state index contributed by atoms with van der Waals surface area (Å²) in [5, 5.41) is 14.2. The summed E-state index contributed by atoms with van der Waals surface area (Å²) in [6.45, 7) is 3.45. The fourth-order valence-electron chi connectivity index (χ4n) is 2.09. The fraction of sp³-hybridized carbons (Fsp3) is 0.357. The van der Waals surface area contributed by atoms with Crippen LogP contribution in [0.15, 0.2) is 18.2 Å². The van der Waals surface area contributed by atoms with Crippen LogP contribution in [0.4, 0.5) is 5.69 Å². The molecule has 0 saturated carbocycles. The van der Waals surface area contributed by atoms with E-state index in [1.54, 1.807) is 32.0 Å². The quantitative estimate of drug-likeness (QED) is 0.765. The second-order valence-corrected chi connectivity index (χ2v) is 5.13. The van der Waals surface area contributed by atoms with Crippen LogP contribution in [0.5, 0.6) is 0 Å². The number of carbonyl (C=O) groups excluding carboxylic acids is 2. The number of nitrogens with one attached hydrogen (secondary N) is 2. The predicted molar refractivity (Wildman–Crippen MR) is 72.5 cm³/mol. The van der Waals surface area contributed by atoms with Gasteiger partial charge in [-0.1, -0.05) is 19.9 Å². The Bertz CT molecular complexity index is 581. The smallest absolute Gasteiger partial charge is 0.326 e. The summed E-state index contributed by atoms with van der Waals surface area (Å²) in [5.41, 5.74) is 1.78. The van der Waals surface area contributed by atoms with E-state index in [2.05, 4.69) is 10.6 Å². The van der Waals surface area contributed by atoms with Gasteiger partial charge in [0, 0.05) is 11.3 Å². The number of carboxylic acids is 1. The Balaban J connectivity index is 2.16. The molecule has 1 aliphatic heterocycles. The summed E-state index contributed by atoms with van der Waals surface area (Å²) in [5.74, 6) is -1.86. The van der Waals surface area contributed by atoms with E-state index in [1.165, 1.54) is 0 Å². The largest absolute Gasteiger partial charge is 0.480 e. The van der Waals surface area contributed by atoms with Crippen molar-refractivity contribution in [3.63, 3.8) is 0 Å². The molecule has 2 amide bonds. The number of rotatable bonds is 4. The molecule has 0 aromatic heterocycles. The van der Waals surface area contributed by atoms with E-state index in [9.17, 15) is 14.4 Å². The summed E-state index contributed by atoms with van der Waals surface area (Å²) in [4.78, 5) is 34.4. The van der Waals surface area contributed by atoms with Gasteiger partial charge in [-0.15, -0.1) is 0 Å². The van der Waals surface area contributed by atoms with Crippen LogP contribution >= 0.6 is 0 Å². The second-order valence-electron chi connectivity index (χ2n) is 5.13. The molecular formula is C14H16N2O4. The summed E-state index contributed by atoms with van der Waals surface area (Å²) in [6, 6.07) is 3.92. The van der Waals surface area contributed by atoms with E-state index in [-0.39, 0.29) is 11.8 Å². The average molecular weight is 276 g/mol. The normalized spacial score (nSPS) is 14.7. The van der Waals surface area contributed by atoms with Crippen molar-refractivity contribution in [1.29, 1.82) is 0 Å². The van der Waals surface area contributed by atoms with Gasteiger partial charge in [0.2, 0.25) is 5.91 Å². The number of carbonyl (C=O) groups is 3. The highest BCUT2D eigenvalue weighted by molar-refractivity contribution is 6.02. The first-order valence-corrected chi connectivity index (χ1v) is 6.35. The van der Waals surface area contributed by atoms with Crippen LogP contribution in [0.2, 0.25) is 0 Å². The first-order chi connectivity index (χ1) is 9.38. The molecule has 106 valence electrons. The van der Waals surface area contributed by atoms with Crippen LogP contribution in [0.25, 0.3) is 0 Å². The molecule has 2 rings (SSSR count). The zero-order valence-corrected chi connectivity index (χ0v) is 11.3. The fourth-order valence-corrected chi connectivity index (χ4v) is 2.09. The number of hydrogen-bond donors (Lipinski definition) is 3. The molecule has 1 heterocycles. The molecule has 6 heteroatoms. The number of benzene rings is 1. The molecule has 0 aliphatic carbocycles. The first-order valence-electron chi connectivity index (χ1n) is 6.35. The second kappa shape index (κ2) is 5.32. The highest BCUT2D eigenvalue weighted by atomic mass is 16.4. The minimum atomic E-state index is -1.07. The summed E-state index contributed by atoms with van der Waals surface area (Å²) in [7, 11) is 0. The number of hydrogen-bond acceptors (Lipinski definition) is 3. The lowest BCUT2D eigenvalue weighted by atomic mass is 10.0. The molecule has 0 fully saturated rings. The van der Waals surface area contributed by atoms with Crippen LogP contribution < -0.4 is 10.6 Å².